The van der Waals surface area contributed by atoms with Crippen LogP contribution in [-0.2, 0) is 30.3 Å². The van der Waals surface area contributed by atoms with E-state index in [2.05, 4.69) is 53.7 Å². The summed E-state index contributed by atoms with van der Waals surface area (Å²) in [5, 5.41) is -0.661. The maximum atomic E-state index is 14.4. The van der Waals surface area contributed by atoms with Crippen molar-refractivity contribution in [2.75, 3.05) is 26.9 Å². The molecule has 0 amide bonds. The average Bonchev–Trinajstić information content (AvgIpc) is 3.02. The number of hydrogen-bond acceptors (Lipinski definition) is 6. The molecule has 0 N–H and O–H groups in total. The van der Waals surface area contributed by atoms with E-state index < -0.39 is 23.4 Å². The van der Waals surface area contributed by atoms with Crippen molar-refractivity contribution in [1.29, 1.82) is 0 Å². The van der Waals surface area contributed by atoms with Gasteiger partial charge in [0.25, 0.3) is 0 Å². The molecule has 2 aromatic carbocycles. The Morgan fingerprint density at radius 2 is 1.59 bits per heavy atom. The summed E-state index contributed by atoms with van der Waals surface area (Å²) in [4.78, 5) is 0.359. The molecule has 1 aliphatic rings. The van der Waals surface area contributed by atoms with E-state index in [1.165, 1.54) is 5.57 Å². The highest BCUT2D eigenvalue weighted by Crippen LogP contribution is 2.44. The molecule has 256 valence electrons. The van der Waals surface area contributed by atoms with Crippen molar-refractivity contribution >= 4 is 18.2 Å². The van der Waals surface area contributed by atoms with Crippen LogP contribution in [0.25, 0.3) is 0 Å². The Kier molecular flexibility index (Phi) is 14.8. The van der Waals surface area contributed by atoms with Crippen LogP contribution < -0.4 is 4.74 Å². The molecule has 2 aromatic rings. The lowest BCUT2D eigenvalue weighted by Gasteiger charge is -2.45. The van der Waals surface area contributed by atoms with Crippen LogP contribution in [0, 0.1) is 5.92 Å². The zero-order valence-corrected chi connectivity index (χ0v) is 31.4. The van der Waals surface area contributed by atoms with Crippen LogP contribution in [-0.4, -0.2) is 55.0 Å². The Labute approximate surface area is 280 Å². The first-order chi connectivity index (χ1) is 21.8. The topological polar surface area (TPSA) is 71.1 Å². The average molecular weight is 671 g/mol. The summed E-state index contributed by atoms with van der Waals surface area (Å²) in [5.41, 5.74) is 4.58. The monoisotopic (exact) mass is 670 g/mol. The smallest absolute Gasteiger partial charge is 0.200 e. The minimum absolute atomic E-state index is 0.232. The molecule has 0 aromatic heterocycles. The summed E-state index contributed by atoms with van der Waals surface area (Å²) >= 11 is 0. The van der Waals surface area contributed by atoms with Crippen molar-refractivity contribution in [1.82, 2.24) is 0 Å². The molecule has 0 radical (unpaired) electrons. The second-order valence-corrected chi connectivity index (χ2v) is 21.4. The Bertz CT molecular complexity index is 1330. The van der Waals surface area contributed by atoms with E-state index in [4.69, 9.17) is 18.6 Å². The first-order valence-corrected chi connectivity index (χ1v) is 20.6. The van der Waals surface area contributed by atoms with Gasteiger partial charge in [-0.05, 0) is 85.1 Å². The lowest BCUT2D eigenvalue weighted by molar-refractivity contribution is -0.0165. The predicted octanol–water partition coefficient (Wildman–Crippen LogP) is 9.32. The lowest BCUT2D eigenvalue weighted by Crippen LogP contribution is -2.51. The molecule has 46 heavy (non-hydrogen) atoms. The number of benzene rings is 2. The van der Waals surface area contributed by atoms with Crippen molar-refractivity contribution < 1.29 is 27.1 Å². The van der Waals surface area contributed by atoms with Crippen LogP contribution in [0.2, 0.25) is 16.6 Å². The molecule has 0 saturated carbocycles. The van der Waals surface area contributed by atoms with Crippen LogP contribution >= 0.6 is 0 Å². The zero-order valence-electron chi connectivity index (χ0n) is 29.6. The van der Waals surface area contributed by atoms with E-state index in [1.807, 2.05) is 44.2 Å². The number of rotatable bonds is 17. The van der Waals surface area contributed by atoms with Crippen molar-refractivity contribution in [3.63, 3.8) is 0 Å². The van der Waals surface area contributed by atoms with Gasteiger partial charge in [-0.25, -0.2) is 8.42 Å². The molecule has 8 heteroatoms. The fraction of sp³-hybridized carbons (Fsp3) is 0.579. The molecule has 1 unspecified atom stereocenters. The van der Waals surface area contributed by atoms with Gasteiger partial charge in [-0.3, -0.25) is 0 Å². The van der Waals surface area contributed by atoms with E-state index in [9.17, 15) is 8.42 Å². The van der Waals surface area contributed by atoms with Crippen LogP contribution in [0.1, 0.15) is 80.2 Å². The van der Waals surface area contributed by atoms with Crippen LogP contribution in [0.4, 0.5) is 0 Å². The van der Waals surface area contributed by atoms with E-state index in [-0.39, 0.29) is 12.0 Å². The van der Waals surface area contributed by atoms with Crippen LogP contribution in [0.5, 0.6) is 5.75 Å². The van der Waals surface area contributed by atoms with E-state index in [0.29, 0.717) is 54.4 Å². The Morgan fingerprint density at radius 1 is 0.957 bits per heavy atom. The minimum Gasteiger partial charge on any atom is -0.497 e. The van der Waals surface area contributed by atoms with E-state index in [1.54, 1.807) is 31.4 Å². The molecule has 0 aliphatic carbocycles. The van der Waals surface area contributed by atoms with Crippen LogP contribution in [0.3, 0.4) is 0 Å². The summed E-state index contributed by atoms with van der Waals surface area (Å²) in [7, 11) is -4.26. The molecular weight excluding hydrogens is 613 g/mol. The highest BCUT2D eigenvalue weighted by molar-refractivity contribution is 7.92. The molecule has 1 fully saturated rings. The number of methoxy groups -OCH3 is 1. The number of sulfone groups is 1. The number of ether oxygens (including phenoxy) is 3. The fourth-order valence-corrected chi connectivity index (χ4v) is 14.6. The maximum Gasteiger partial charge on any atom is 0.200 e. The number of allylic oxidation sites excluding steroid dienone is 2. The highest BCUT2D eigenvalue weighted by atomic mass is 32.2. The van der Waals surface area contributed by atoms with E-state index >= 15 is 0 Å². The van der Waals surface area contributed by atoms with Crippen LogP contribution in [0.15, 0.2) is 82.8 Å². The summed E-state index contributed by atoms with van der Waals surface area (Å²) in [6, 6.07) is 16.8. The summed E-state index contributed by atoms with van der Waals surface area (Å²) < 4.78 is 53.6. The Hall–Kier alpha value is -2.23. The van der Waals surface area contributed by atoms with Gasteiger partial charge in [-0.1, -0.05) is 89.6 Å². The Balaban J connectivity index is 1.85. The summed E-state index contributed by atoms with van der Waals surface area (Å²) in [5.74, 6) is 0.519. The molecular formula is C38H58O6SSi. The highest BCUT2D eigenvalue weighted by Gasteiger charge is 2.47. The normalized spacial score (nSPS) is 18.3. The predicted molar refractivity (Wildman–Crippen MR) is 192 cm³/mol. The molecule has 1 heterocycles. The van der Waals surface area contributed by atoms with Gasteiger partial charge in [0.2, 0.25) is 0 Å². The second kappa shape index (κ2) is 17.8. The molecule has 3 rings (SSSR count). The van der Waals surface area contributed by atoms with Gasteiger partial charge in [-0.15, -0.1) is 0 Å². The number of hydrogen-bond donors (Lipinski definition) is 0. The molecule has 0 spiro atoms. The fourth-order valence-electron chi connectivity index (χ4n) is 7.13. The molecule has 1 saturated heterocycles. The molecule has 6 nitrogen and oxygen atoms in total. The SMILES string of the molecule is COc1ccc(COC/C=C2/CC[C@H]([C@H](CO[Si](C(C)C)(C(C)C)C(C)C)C(CC=C(C)C)S(=O)(=O)c3ccccc3)OC2)cc1. The first kappa shape index (κ1) is 38.2. The van der Waals surface area contributed by atoms with Crippen molar-refractivity contribution in [2.24, 2.45) is 5.92 Å². The maximum absolute atomic E-state index is 14.4. The Morgan fingerprint density at radius 3 is 2.11 bits per heavy atom. The first-order valence-electron chi connectivity index (χ1n) is 16.9. The van der Waals surface area contributed by atoms with Gasteiger partial charge in [0.1, 0.15) is 5.75 Å². The van der Waals surface area contributed by atoms with Gasteiger partial charge < -0.3 is 18.6 Å². The van der Waals surface area contributed by atoms with Crippen molar-refractivity contribution in [3.05, 3.63) is 83.5 Å². The third kappa shape index (κ3) is 9.89. The minimum atomic E-state index is -3.67. The van der Waals surface area contributed by atoms with Gasteiger partial charge in [0.15, 0.2) is 18.2 Å². The standard InChI is InChI=1S/C38H58O6SSi/c1-28(2)15-22-38(45(39,40)35-13-11-10-12-14-35)36(27-44-46(29(3)4,30(5)6)31(7)8)37-21-18-33(26-43-37)23-24-42-25-32-16-19-34(41-9)20-17-32/h10-17,19-20,23,29-31,36-38H,18,21-22,24-27H2,1-9H3/b33-23-/t36-,37+,38?/m0/s1. The van der Waals surface area contributed by atoms with Crippen molar-refractivity contribution in [2.45, 2.75) is 114 Å². The van der Waals surface area contributed by atoms with E-state index in [0.717, 1.165) is 29.7 Å². The largest absolute Gasteiger partial charge is 0.497 e. The van der Waals surface area contributed by atoms with Gasteiger partial charge in [0.05, 0.1) is 43.2 Å². The summed E-state index contributed by atoms with van der Waals surface area (Å²) in [6.45, 7) is 19.5. The quantitative estimate of drug-likeness (QED) is 0.0949. The third-order valence-corrected chi connectivity index (χ3v) is 17.9. The molecule has 0 bridgehead atoms. The van der Waals surface area contributed by atoms with Gasteiger partial charge in [-0.2, -0.15) is 0 Å². The molecule has 1 aliphatic heterocycles. The van der Waals surface area contributed by atoms with Gasteiger partial charge in [0, 0.05) is 12.5 Å². The molecule has 3 atom stereocenters. The van der Waals surface area contributed by atoms with Crippen molar-refractivity contribution in [3.8, 4) is 5.75 Å². The van der Waals surface area contributed by atoms with Gasteiger partial charge >= 0.3 is 0 Å². The second-order valence-electron chi connectivity index (χ2n) is 13.8. The third-order valence-electron chi connectivity index (χ3n) is 9.57. The summed E-state index contributed by atoms with van der Waals surface area (Å²) in [6.07, 6.45) is 5.95. The lowest BCUT2D eigenvalue weighted by atomic mass is 9.90. The zero-order chi connectivity index (χ0) is 33.9.